The Balaban J connectivity index is 1.46. The van der Waals surface area contributed by atoms with E-state index in [2.05, 4.69) is 10.3 Å². The zero-order valence-electron chi connectivity index (χ0n) is 11.1. The molecule has 5 nitrogen and oxygen atoms in total. The Morgan fingerprint density at radius 2 is 2.16 bits per heavy atom. The fourth-order valence-electron chi connectivity index (χ4n) is 2.93. The molecule has 3 rings (SSSR count). The van der Waals surface area contributed by atoms with Crippen LogP contribution in [0.4, 0.5) is 0 Å². The van der Waals surface area contributed by atoms with E-state index in [9.17, 15) is 4.79 Å². The monoisotopic (exact) mass is 280 g/mol. The Morgan fingerprint density at radius 1 is 1.32 bits per heavy atom. The normalized spacial score (nSPS) is 24.2. The second-order valence-corrected chi connectivity index (χ2v) is 6.67. The molecule has 0 N–H and O–H groups in total. The number of amides is 1. The first-order valence-electron chi connectivity index (χ1n) is 7.08. The van der Waals surface area contributed by atoms with Gasteiger partial charge in [-0.3, -0.25) is 4.79 Å². The Bertz CT molecular complexity index is 416. The third-order valence-corrected chi connectivity index (χ3v) is 5.43. The van der Waals surface area contributed by atoms with Gasteiger partial charge in [-0.15, -0.1) is 16.9 Å². The first-order valence-corrected chi connectivity index (χ1v) is 8.13. The van der Waals surface area contributed by atoms with Crippen LogP contribution in [0.15, 0.2) is 12.4 Å². The molecule has 0 unspecified atom stereocenters. The van der Waals surface area contributed by atoms with Crippen molar-refractivity contribution in [2.24, 2.45) is 0 Å². The zero-order chi connectivity index (χ0) is 13.1. The maximum atomic E-state index is 12.2. The van der Waals surface area contributed by atoms with Crippen molar-refractivity contribution in [2.75, 3.05) is 18.8 Å². The fourth-order valence-corrected chi connectivity index (χ4v) is 4.16. The van der Waals surface area contributed by atoms with E-state index in [1.54, 1.807) is 6.20 Å². The van der Waals surface area contributed by atoms with Gasteiger partial charge in [-0.05, 0) is 19.3 Å². The summed E-state index contributed by atoms with van der Waals surface area (Å²) in [6.45, 7) is 1.64. The van der Waals surface area contributed by atoms with E-state index in [0.29, 0.717) is 17.7 Å². The molecule has 1 saturated carbocycles. The van der Waals surface area contributed by atoms with Crippen LogP contribution < -0.4 is 0 Å². The van der Waals surface area contributed by atoms with E-state index in [4.69, 9.17) is 0 Å². The van der Waals surface area contributed by atoms with Gasteiger partial charge in [0.1, 0.15) is 0 Å². The smallest absolute Gasteiger partial charge is 0.232 e. The summed E-state index contributed by atoms with van der Waals surface area (Å²) < 4.78 is 1.87. The molecule has 1 saturated heterocycles. The lowest BCUT2D eigenvalue weighted by molar-refractivity contribution is -0.127. The summed E-state index contributed by atoms with van der Waals surface area (Å²) in [7, 11) is 0. The van der Waals surface area contributed by atoms with E-state index < -0.39 is 0 Å². The van der Waals surface area contributed by atoms with Crippen molar-refractivity contribution in [3.8, 4) is 0 Å². The maximum Gasteiger partial charge on any atom is 0.232 e. The van der Waals surface area contributed by atoms with Crippen LogP contribution in [-0.4, -0.2) is 49.9 Å². The first kappa shape index (κ1) is 13.0. The lowest BCUT2D eigenvalue weighted by atomic mass is 10.3. The van der Waals surface area contributed by atoms with Gasteiger partial charge < -0.3 is 4.90 Å². The van der Waals surface area contributed by atoms with Crippen LogP contribution in [0.1, 0.15) is 38.1 Å². The molecule has 0 aromatic carbocycles. The van der Waals surface area contributed by atoms with Crippen molar-refractivity contribution >= 4 is 17.7 Å². The molecule has 1 aliphatic carbocycles. The van der Waals surface area contributed by atoms with Crippen LogP contribution in [0.2, 0.25) is 0 Å². The lowest BCUT2D eigenvalue weighted by Crippen LogP contribution is -2.31. The number of carbonyl (C=O) groups is 1. The van der Waals surface area contributed by atoms with Gasteiger partial charge in [-0.1, -0.05) is 18.1 Å². The van der Waals surface area contributed by atoms with Crippen molar-refractivity contribution in [3.63, 3.8) is 0 Å². The van der Waals surface area contributed by atoms with Gasteiger partial charge in [0.2, 0.25) is 5.91 Å². The summed E-state index contributed by atoms with van der Waals surface area (Å²) in [4.78, 5) is 14.2. The number of thioether (sulfide) groups is 1. The molecular weight excluding hydrogens is 260 g/mol. The van der Waals surface area contributed by atoms with Crippen LogP contribution in [0.25, 0.3) is 0 Å². The van der Waals surface area contributed by atoms with Crippen molar-refractivity contribution in [1.82, 2.24) is 19.9 Å². The molecule has 1 aromatic rings. The van der Waals surface area contributed by atoms with Gasteiger partial charge in [-0.2, -0.15) is 0 Å². The number of nitrogens with zero attached hydrogens (tertiary/aromatic N) is 4. The summed E-state index contributed by atoms with van der Waals surface area (Å²) in [5.41, 5.74) is 0. The molecule has 1 atom stereocenters. The predicted octanol–water partition coefficient (Wildman–Crippen LogP) is 1.73. The standard InChI is InChI=1S/C13H20N4OS/c18-13(10-19-12-3-1-2-4-12)16-7-5-11(9-16)17-8-6-14-15-17/h6,8,11-12H,1-5,7,9-10H2/t11-/m0/s1. The molecule has 19 heavy (non-hydrogen) atoms. The Labute approximate surface area is 117 Å². The minimum atomic E-state index is 0.291. The van der Waals surface area contributed by atoms with Gasteiger partial charge in [0.15, 0.2) is 0 Å². The van der Waals surface area contributed by atoms with Crippen molar-refractivity contribution in [3.05, 3.63) is 12.4 Å². The molecule has 6 heteroatoms. The van der Waals surface area contributed by atoms with Crippen molar-refractivity contribution < 1.29 is 4.79 Å². The van der Waals surface area contributed by atoms with Crippen LogP contribution in [-0.2, 0) is 4.79 Å². The summed E-state index contributed by atoms with van der Waals surface area (Å²) in [5, 5.41) is 8.58. The molecule has 0 spiro atoms. The summed E-state index contributed by atoms with van der Waals surface area (Å²) in [6, 6.07) is 0.308. The van der Waals surface area contributed by atoms with Crippen LogP contribution in [0.3, 0.4) is 0 Å². The molecule has 1 amide bonds. The number of hydrogen-bond acceptors (Lipinski definition) is 4. The van der Waals surface area contributed by atoms with Crippen LogP contribution in [0, 0.1) is 0 Å². The Morgan fingerprint density at radius 3 is 2.89 bits per heavy atom. The molecule has 2 aliphatic rings. The van der Waals surface area contributed by atoms with Gasteiger partial charge in [0.25, 0.3) is 0 Å². The second kappa shape index (κ2) is 5.94. The van der Waals surface area contributed by atoms with E-state index in [0.717, 1.165) is 24.8 Å². The zero-order valence-corrected chi connectivity index (χ0v) is 11.9. The topological polar surface area (TPSA) is 51.0 Å². The minimum absolute atomic E-state index is 0.291. The highest BCUT2D eigenvalue weighted by Gasteiger charge is 2.28. The SMILES string of the molecule is O=C(CSC1CCCC1)N1CC[C@H](n2ccnn2)C1. The van der Waals surface area contributed by atoms with Gasteiger partial charge >= 0.3 is 0 Å². The summed E-state index contributed by atoms with van der Waals surface area (Å²) >= 11 is 1.85. The van der Waals surface area contributed by atoms with E-state index in [1.807, 2.05) is 27.5 Å². The predicted molar refractivity (Wildman–Crippen MR) is 75.0 cm³/mol. The quantitative estimate of drug-likeness (QED) is 0.843. The summed E-state index contributed by atoms with van der Waals surface area (Å²) in [5.74, 6) is 0.939. The minimum Gasteiger partial charge on any atom is -0.340 e. The highest BCUT2D eigenvalue weighted by Crippen LogP contribution is 2.30. The van der Waals surface area contributed by atoms with Gasteiger partial charge in [0.05, 0.1) is 18.0 Å². The third-order valence-electron chi connectivity index (χ3n) is 4.08. The molecule has 0 bridgehead atoms. The van der Waals surface area contributed by atoms with E-state index >= 15 is 0 Å². The molecule has 0 radical (unpaired) electrons. The fraction of sp³-hybridized carbons (Fsp3) is 0.769. The van der Waals surface area contributed by atoms with Gasteiger partial charge in [-0.25, -0.2) is 4.68 Å². The van der Waals surface area contributed by atoms with Crippen molar-refractivity contribution in [2.45, 2.75) is 43.4 Å². The molecule has 2 fully saturated rings. The van der Waals surface area contributed by atoms with E-state index in [-0.39, 0.29) is 0 Å². The number of carbonyl (C=O) groups excluding carboxylic acids is 1. The molecule has 2 heterocycles. The second-order valence-electron chi connectivity index (χ2n) is 5.38. The third kappa shape index (κ3) is 3.11. The largest absolute Gasteiger partial charge is 0.340 e. The molecule has 1 aliphatic heterocycles. The van der Waals surface area contributed by atoms with Crippen molar-refractivity contribution in [1.29, 1.82) is 0 Å². The first-order chi connectivity index (χ1) is 9.33. The van der Waals surface area contributed by atoms with E-state index in [1.165, 1.54) is 25.7 Å². The van der Waals surface area contributed by atoms with Crippen LogP contribution in [0.5, 0.6) is 0 Å². The maximum absolute atomic E-state index is 12.2. The number of rotatable bonds is 4. The number of hydrogen-bond donors (Lipinski definition) is 0. The average molecular weight is 280 g/mol. The highest BCUT2D eigenvalue weighted by molar-refractivity contribution is 8.00. The molecular formula is C13H20N4OS. The Hall–Kier alpha value is -1.04. The number of likely N-dealkylation sites (tertiary alicyclic amines) is 1. The lowest BCUT2D eigenvalue weighted by Gasteiger charge is -2.17. The van der Waals surface area contributed by atoms with Gasteiger partial charge in [0, 0.05) is 24.5 Å². The molecule has 1 aromatic heterocycles. The average Bonchev–Trinajstić information content (AvgIpc) is 3.14. The summed E-state index contributed by atoms with van der Waals surface area (Å²) in [6.07, 6.45) is 9.82. The Kier molecular flexibility index (Phi) is 4.06. The molecule has 104 valence electrons. The number of aromatic nitrogens is 3. The highest BCUT2D eigenvalue weighted by atomic mass is 32.2. The van der Waals surface area contributed by atoms with Crippen LogP contribution >= 0.6 is 11.8 Å².